The largest absolute Gasteiger partial charge is 1.00 e. The number of rotatable bonds is 3. The Balaban J connectivity index is 0.00000162. The van der Waals surface area contributed by atoms with Crippen molar-refractivity contribution >= 4 is 21.7 Å². The number of benzene rings is 1. The third-order valence-corrected chi connectivity index (χ3v) is 3.20. The number of nitrogens with two attached hydrogens (primary N) is 1. The van der Waals surface area contributed by atoms with Crippen LogP contribution in [0.25, 0.3) is 4.72 Å². The maximum Gasteiger partial charge on any atom is 1.00 e. The van der Waals surface area contributed by atoms with Crippen LogP contribution in [0.15, 0.2) is 47.6 Å². The molecule has 8 heteroatoms. The second-order valence-corrected chi connectivity index (χ2v) is 4.79. The summed E-state index contributed by atoms with van der Waals surface area (Å²) in [4.78, 5) is 7.51. The minimum absolute atomic E-state index is 0. The van der Waals surface area contributed by atoms with Crippen LogP contribution < -0.4 is 35.3 Å². The summed E-state index contributed by atoms with van der Waals surface area (Å²) < 4.78 is 27.2. The number of sulfonamides is 1. The van der Waals surface area contributed by atoms with E-state index >= 15 is 0 Å². The third kappa shape index (κ3) is 3.67. The molecule has 0 unspecified atom stereocenters. The van der Waals surface area contributed by atoms with E-state index in [9.17, 15) is 8.42 Å². The molecule has 0 fully saturated rings. The molecule has 0 atom stereocenters. The summed E-state index contributed by atoms with van der Waals surface area (Å²) in [6.07, 6.45) is 2.84. The minimum Gasteiger partial charge on any atom is -0.399 e. The van der Waals surface area contributed by atoms with Crippen LogP contribution in [-0.4, -0.2) is 18.4 Å². The average Bonchev–Trinajstić information content (AvgIpc) is 2.30. The van der Waals surface area contributed by atoms with E-state index in [0.717, 1.165) is 0 Å². The summed E-state index contributed by atoms with van der Waals surface area (Å²) in [6.45, 7) is 0. The van der Waals surface area contributed by atoms with Crippen LogP contribution in [0.4, 0.5) is 11.6 Å². The Morgan fingerprint density at radius 3 is 2.17 bits per heavy atom. The Bertz CT molecular complexity index is 602. The van der Waals surface area contributed by atoms with Crippen molar-refractivity contribution in [2.45, 2.75) is 4.90 Å². The first-order chi connectivity index (χ1) is 8.08. The molecule has 2 rings (SSSR count). The van der Waals surface area contributed by atoms with Gasteiger partial charge in [-0.25, -0.2) is 8.42 Å². The van der Waals surface area contributed by atoms with Gasteiger partial charge in [0.25, 0.3) is 0 Å². The molecule has 88 valence electrons. The first-order valence-electron chi connectivity index (χ1n) is 4.68. The number of nitrogen functional groups attached to an aromatic ring is 1. The maximum atomic E-state index is 11.8. The first-order valence-corrected chi connectivity index (χ1v) is 6.12. The van der Waals surface area contributed by atoms with Crippen molar-refractivity contribution in [1.82, 2.24) is 9.97 Å². The summed E-state index contributed by atoms with van der Waals surface area (Å²) >= 11 is 0. The topological polar surface area (TPSA) is 100 Å². The number of nitrogens with zero attached hydrogens (tertiary/aromatic N) is 3. The van der Waals surface area contributed by atoms with Gasteiger partial charge in [-0.15, -0.1) is 0 Å². The molecular weight excluding hydrogens is 263 g/mol. The molecule has 2 N–H and O–H groups in total. The van der Waals surface area contributed by atoms with Crippen molar-refractivity contribution < 1.29 is 38.0 Å². The Morgan fingerprint density at radius 2 is 1.61 bits per heavy atom. The molecule has 0 aliphatic carbocycles. The monoisotopic (exact) mass is 272 g/mol. The minimum atomic E-state index is -3.79. The molecule has 0 bridgehead atoms. The van der Waals surface area contributed by atoms with Crippen LogP contribution in [-0.2, 0) is 10.0 Å². The zero-order valence-electron chi connectivity index (χ0n) is 9.69. The summed E-state index contributed by atoms with van der Waals surface area (Å²) in [6, 6.07) is 7.34. The molecule has 0 amide bonds. The van der Waals surface area contributed by atoms with Gasteiger partial charge in [0.2, 0.25) is 10.0 Å². The molecule has 0 spiro atoms. The fourth-order valence-corrected chi connectivity index (χ4v) is 2.03. The normalized spacial score (nSPS) is 10.4. The van der Waals surface area contributed by atoms with Gasteiger partial charge in [-0.2, -0.15) is 0 Å². The van der Waals surface area contributed by atoms with E-state index in [1.54, 1.807) is 6.07 Å². The summed E-state index contributed by atoms with van der Waals surface area (Å²) in [5.41, 5.74) is 5.96. The smallest absolute Gasteiger partial charge is 0.399 e. The molecule has 0 aliphatic heterocycles. The Kier molecular flexibility index (Phi) is 5.09. The second-order valence-electron chi connectivity index (χ2n) is 3.18. The number of aromatic nitrogens is 2. The maximum absolute atomic E-state index is 11.8. The molecular formula is C10H9N4NaO2S. The van der Waals surface area contributed by atoms with Gasteiger partial charge in [-0.1, -0.05) is 6.07 Å². The third-order valence-electron chi connectivity index (χ3n) is 1.93. The van der Waals surface area contributed by atoms with Gasteiger partial charge < -0.3 is 15.7 Å². The van der Waals surface area contributed by atoms with E-state index in [2.05, 4.69) is 14.7 Å². The molecule has 0 radical (unpaired) electrons. The quantitative estimate of drug-likeness (QED) is 0.539. The van der Waals surface area contributed by atoms with Gasteiger partial charge in [0.1, 0.15) is 0 Å². The summed E-state index contributed by atoms with van der Waals surface area (Å²) in [7, 11) is -3.79. The molecule has 0 saturated heterocycles. The molecule has 0 saturated carbocycles. The van der Waals surface area contributed by atoms with Crippen molar-refractivity contribution in [1.29, 1.82) is 0 Å². The zero-order valence-corrected chi connectivity index (χ0v) is 12.5. The SMILES string of the molecule is Nc1ccc(S(=O)(=O)[N-]c2ncccn2)cc1.[Na+]. The van der Waals surface area contributed by atoms with Gasteiger partial charge in [0.15, 0.2) is 0 Å². The van der Waals surface area contributed by atoms with Gasteiger partial charge in [-0.3, -0.25) is 4.72 Å². The van der Waals surface area contributed by atoms with Crippen LogP contribution in [0.3, 0.4) is 0 Å². The summed E-state index contributed by atoms with van der Waals surface area (Å²) in [5, 5.41) is 0. The van der Waals surface area contributed by atoms with E-state index in [0.29, 0.717) is 5.69 Å². The van der Waals surface area contributed by atoms with Gasteiger partial charge >= 0.3 is 29.6 Å². The fraction of sp³-hybridized carbons (Fsp3) is 0. The molecule has 1 aromatic carbocycles. The number of hydrogen-bond donors (Lipinski definition) is 1. The van der Waals surface area contributed by atoms with Crippen molar-refractivity contribution in [3.63, 3.8) is 0 Å². The standard InChI is InChI=1S/C10H9N4O2S.Na/c11-8-2-4-9(5-3-8)17(15,16)14-10-12-6-1-7-13-10;/h1-7H,11H2;/q-1;+1. The molecule has 0 aliphatic rings. The van der Waals surface area contributed by atoms with E-state index in [4.69, 9.17) is 5.73 Å². The van der Waals surface area contributed by atoms with E-state index < -0.39 is 10.0 Å². The predicted octanol–water partition coefficient (Wildman–Crippen LogP) is -1.54. The van der Waals surface area contributed by atoms with Gasteiger partial charge in [-0.05, 0) is 36.7 Å². The van der Waals surface area contributed by atoms with Crippen LogP contribution >= 0.6 is 0 Å². The van der Waals surface area contributed by atoms with E-state index in [1.807, 2.05) is 0 Å². The van der Waals surface area contributed by atoms with E-state index in [-0.39, 0.29) is 40.4 Å². The molecule has 18 heavy (non-hydrogen) atoms. The Hall–Kier alpha value is -1.15. The Labute approximate surface area is 127 Å². The van der Waals surface area contributed by atoms with Crippen molar-refractivity contribution in [2.75, 3.05) is 5.73 Å². The molecule has 1 heterocycles. The fourth-order valence-electron chi connectivity index (χ4n) is 1.14. The molecule has 6 nitrogen and oxygen atoms in total. The zero-order chi connectivity index (χ0) is 12.3. The first kappa shape index (κ1) is 14.9. The predicted molar refractivity (Wildman–Crippen MR) is 63.1 cm³/mol. The van der Waals surface area contributed by atoms with Crippen molar-refractivity contribution in [3.05, 3.63) is 47.4 Å². The van der Waals surface area contributed by atoms with E-state index in [1.165, 1.54) is 36.7 Å². The van der Waals surface area contributed by atoms with Crippen LogP contribution in [0, 0.1) is 0 Å². The molecule has 1 aromatic heterocycles. The molecule has 2 aromatic rings. The average molecular weight is 272 g/mol. The van der Waals surface area contributed by atoms with Crippen molar-refractivity contribution in [2.24, 2.45) is 0 Å². The Morgan fingerprint density at radius 1 is 1.06 bits per heavy atom. The second kappa shape index (κ2) is 6.14. The van der Waals surface area contributed by atoms with Gasteiger partial charge in [0, 0.05) is 11.6 Å². The number of hydrogen-bond acceptors (Lipinski definition) is 5. The van der Waals surface area contributed by atoms with Crippen molar-refractivity contribution in [3.8, 4) is 0 Å². The van der Waals surface area contributed by atoms with Gasteiger partial charge in [0.05, 0.1) is 4.90 Å². The van der Waals surface area contributed by atoms with Crippen LogP contribution in [0.5, 0.6) is 0 Å². The summed E-state index contributed by atoms with van der Waals surface area (Å²) in [5.74, 6) is -0.0932. The van der Waals surface area contributed by atoms with Crippen LogP contribution in [0.2, 0.25) is 0 Å². The van der Waals surface area contributed by atoms with Crippen LogP contribution in [0.1, 0.15) is 0 Å². The number of anilines is 1.